The Morgan fingerprint density at radius 2 is 1.94 bits per heavy atom. The van der Waals surface area contributed by atoms with E-state index in [1.165, 1.54) is 0 Å². The van der Waals surface area contributed by atoms with Gasteiger partial charge in [0.15, 0.2) is 0 Å². The molecule has 0 saturated carbocycles. The second-order valence-electron chi connectivity index (χ2n) is 4.35. The lowest BCUT2D eigenvalue weighted by atomic mass is 10.1. The van der Waals surface area contributed by atoms with Crippen molar-refractivity contribution >= 4 is 11.9 Å². The quantitative estimate of drug-likeness (QED) is 0.506. The molecule has 0 aromatic rings. The van der Waals surface area contributed by atoms with Crippen molar-refractivity contribution in [1.29, 1.82) is 0 Å². The molecule has 0 heterocycles. The van der Waals surface area contributed by atoms with Crippen molar-refractivity contribution in [1.82, 2.24) is 5.32 Å². The summed E-state index contributed by atoms with van der Waals surface area (Å²) < 4.78 is 5.10. The van der Waals surface area contributed by atoms with Crippen molar-refractivity contribution in [2.24, 2.45) is 5.92 Å². The highest BCUT2D eigenvalue weighted by Gasteiger charge is 2.14. The molecule has 0 radical (unpaired) electrons. The molecule has 1 amide bonds. The second kappa shape index (κ2) is 9.45. The molecular formula is C14H23NO3. The molecule has 2 atom stereocenters. The number of amides is 1. The minimum absolute atomic E-state index is 0.0578. The zero-order valence-electron chi connectivity index (χ0n) is 11.3. The van der Waals surface area contributed by atoms with Gasteiger partial charge in [-0.05, 0) is 19.8 Å². The first-order valence-electron chi connectivity index (χ1n) is 6.19. The fourth-order valence-electron chi connectivity index (χ4n) is 1.32. The molecule has 2 unspecified atom stereocenters. The van der Waals surface area contributed by atoms with Crippen LogP contribution in [0.5, 0.6) is 0 Å². The molecule has 0 bridgehead atoms. The normalized spacial score (nSPS) is 13.2. The van der Waals surface area contributed by atoms with E-state index in [-0.39, 0.29) is 30.4 Å². The van der Waals surface area contributed by atoms with Crippen LogP contribution in [0.15, 0.2) is 25.3 Å². The number of rotatable bonds is 9. The van der Waals surface area contributed by atoms with Gasteiger partial charge in [-0.1, -0.05) is 19.1 Å². The van der Waals surface area contributed by atoms with E-state index in [2.05, 4.69) is 18.5 Å². The molecule has 0 aliphatic carbocycles. The number of hydrogen-bond donors (Lipinski definition) is 1. The number of ether oxygens (including phenoxy) is 1. The molecule has 0 aromatic carbocycles. The molecule has 0 spiro atoms. The third kappa shape index (κ3) is 7.65. The van der Waals surface area contributed by atoms with E-state index in [4.69, 9.17) is 4.74 Å². The fourth-order valence-corrected chi connectivity index (χ4v) is 1.32. The maximum Gasteiger partial charge on any atom is 0.309 e. The van der Waals surface area contributed by atoms with E-state index in [0.717, 1.165) is 0 Å². The predicted octanol–water partition coefficient (Wildman–Crippen LogP) is 2.21. The number of esters is 1. The average molecular weight is 253 g/mol. The zero-order chi connectivity index (χ0) is 14.0. The van der Waals surface area contributed by atoms with Crippen molar-refractivity contribution in [3.63, 3.8) is 0 Å². The topological polar surface area (TPSA) is 55.4 Å². The SMILES string of the molecule is C=CCCC(=O)NC(C)COC(=O)C(C)CC=C. The number of nitrogens with one attached hydrogen (secondary N) is 1. The Labute approximate surface area is 109 Å². The van der Waals surface area contributed by atoms with Gasteiger partial charge in [-0.3, -0.25) is 9.59 Å². The molecule has 0 fully saturated rings. The largest absolute Gasteiger partial charge is 0.463 e. The Kier molecular flexibility index (Phi) is 8.62. The molecule has 0 aromatic heterocycles. The highest BCUT2D eigenvalue weighted by molar-refractivity contribution is 5.76. The van der Waals surface area contributed by atoms with Crippen molar-refractivity contribution in [2.75, 3.05) is 6.61 Å². The Hall–Kier alpha value is -1.58. The van der Waals surface area contributed by atoms with Crippen LogP contribution in [0.4, 0.5) is 0 Å². The molecular weight excluding hydrogens is 230 g/mol. The lowest BCUT2D eigenvalue weighted by Gasteiger charge is -2.15. The summed E-state index contributed by atoms with van der Waals surface area (Å²) >= 11 is 0. The standard InChI is InChI=1S/C14H23NO3/c1-5-7-9-13(16)15-12(4)10-18-14(17)11(3)8-6-2/h5-6,11-12H,1-2,7-10H2,3-4H3,(H,15,16). The van der Waals surface area contributed by atoms with E-state index in [1.54, 1.807) is 26.0 Å². The molecule has 18 heavy (non-hydrogen) atoms. The van der Waals surface area contributed by atoms with Crippen LogP contribution < -0.4 is 5.32 Å². The van der Waals surface area contributed by atoms with Gasteiger partial charge in [0, 0.05) is 6.42 Å². The van der Waals surface area contributed by atoms with Gasteiger partial charge in [0.25, 0.3) is 0 Å². The van der Waals surface area contributed by atoms with Crippen molar-refractivity contribution < 1.29 is 14.3 Å². The summed E-state index contributed by atoms with van der Waals surface area (Å²) in [7, 11) is 0. The van der Waals surface area contributed by atoms with Gasteiger partial charge in [0.05, 0.1) is 12.0 Å². The summed E-state index contributed by atoms with van der Waals surface area (Å²) in [6.07, 6.45) is 5.04. The van der Waals surface area contributed by atoms with Crippen molar-refractivity contribution in [2.45, 2.75) is 39.2 Å². The van der Waals surface area contributed by atoms with Gasteiger partial charge >= 0.3 is 5.97 Å². The first-order valence-corrected chi connectivity index (χ1v) is 6.19. The third-order valence-corrected chi connectivity index (χ3v) is 2.38. The highest BCUT2D eigenvalue weighted by atomic mass is 16.5. The monoisotopic (exact) mass is 253 g/mol. The minimum Gasteiger partial charge on any atom is -0.463 e. The Morgan fingerprint density at radius 3 is 2.50 bits per heavy atom. The van der Waals surface area contributed by atoms with E-state index in [1.807, 2.05) is 0 Å². The zero-order valence-corrected chi connectivity index (χ0v) is 11.3. The van der Waals surface area contributed by atoms with Crippen LogP contribution in [0.25, 0.3) is 0 Å². The number of allylic oxidation sites excluding steroid dienone is 2. The number of hydrogen-bond acceptors (Lipinski definition) is 3. The van der Waals surface area contributed by atoms with E-state index < -0.39 is 0 Å². The van der Waals surface area contributed by atoms with Gasteiger partial charge in [-0.25, -0.2) is 0 Å². The molecule has 4 heteroatoms. The minimum atomic E-state index is -0.262. The lowest BCUT2D eigenvalue weighted by Crippen LogP contribution is -2.36. The number of carbonyl (C=O) groups is 2. The molecule has 4 nitrogen and oxygen atoms in total. The van der Waals surface area contributed by atoms with Crippen LogP contribution in [0.3, 0.4) is 0 Å². The summed E-state index contributed by atoms with van der Waals surface area (Å²) in [6, 6.07) is -0.179. The van der Waals surface area contributed by atoms with E-state index in [9.17, 15) is 9.59 Å². The van der Waals surface area contributed by atoms with Crippen molar-refractivity contribution in [3.8, 4) is 0 Å². The van der Waals surface area contributed by atoms with Crippen LogP contribution in [0.1, 0.15) is 33.1 Å². The van der Waals surface area contributed by atoms with E-state index >= 15 is 0 Å². The Balaban J connectivity index is 3.84. The van der Waals surface area contributed by atoms with Crippen LogP contribution in [-0.2, 0) is 14.3 Å². The lowest BCUT2D eigenvalue weighted by molar-refractivity contribution is -0.149. The summed E-state index contributed by atoms with van der Waals surface area (Å²) in [6.45, 7) is 10.9. The van der Waals surface area contributed by atoms with Gasteiger partial charge in [0.1, 0.15) is 6.61 Å². The smallest absolute Gasteiger partial charge is 0.309 e. The number of carbonyl (C=O) groups excluding carboxylic acids is 2. The third-order valence-electron chi connectivity index (χ3n) is 2.38. The predicted molar refractivity (Wildman–Crippen MR) is 72.0 cm³/mol. The first kappa shape index (κ1) is 16.4. The molecule has 0 rings (SSSR count). The maximum atomic E-state index is 11.5. The van der Waals surface area contributed by atoms with E-state index in [0.29, 0.717) is 19.3 Å². The summed E-state index contributed by atoms with van der Waals surface area (Å²) in [5.41, 5.74) is 0. The first-order chi connectivity index (χ1) is 8.51. The Bertz CT molecular complexity index is 299. The van der Waals surface area contributed by atoms with Gasteiger partial charge in [-0.2, -0.15) is 0 Å². The maximum absolute atomic E-state index is 11.5. The van der Waals surface area contributed by atoms with Crippen LogP contribution >= 0.6 is 0 Å². The summed E-state index contributed by atoms with van der Waals surface area (Å²) in [4.78, 5) is 22.9. The molecule has 1 N–H and O–H groups in total. The second-order valence-corrected chi connectivity index (χ2v) is 4.35. The Morgan fingerprint density at radius 1 is 1.28 bits per heavy atom. The van der Waals surface area contributed by atoms with Crippen LogP contribution in [-0.4, -0.2) is 24.5 Å². The molecule has 0 saturated heterocycles. The summed E-state index contributed by atoms with van der Waals surface area (Å²) in [5.74, 6) is -0.508. The highest BCUT2D eigenvalue weighted by Crippen LogP contribution is 2.05. The van der Waals surface area contributed by atoms with Gasteiger partial charge in [-0.15, -0.1) is 13.2 Å². The summed E-state index contributed by atoms with van der Waals surface area (Å²) in [5, 5.41) is 2.76. The van der Waals surface area contributed by atoms with Crippen molar-refractivity contribution in [3.05, 3.63) is 25.3 Å². The molecule has 0 aliphatic rings. The van der Waals surface area contributed by atoms with Crippen LogP contribution in [0.2, 0.25) is 0 Å². The fraction of sp³-hybridized carbons (Fsp3) is 0.571. The molecule has 102 valence electrons. The average Bonchev–Trinajstić information content (AvgIpc) is 2.33. The van der Waals surface area contributed by atoms with Gasteiger partial charge < -0.3 is 10.1 Å². The van der Waals surface area contributed by atoms with Crippen LogP contribution in [0, 0.1) is 5.92 Å². The van der Waals surface area contributed by atoms with Gasteiger partial charge in [0.2, 0.25) is 5.91 Å². The molecule has 0 aliphatic heterocycles.